The number of nitrogens with zero attached hydrogens (tertiary/aromatic N) is 3. The van der Waals surface area contributed by atoms with E-state index in [1.807, 2.05) is 16.8 Å². The highest BCUT2D eigenvalue weighted by molar-refractivity contribution is 6.00. The van der Waals surface area contributed by atoms with Gasteiger partial charge in [-0.15, -0.1) is 0 Å². The first-order valence-corrected chi connectivity index (χ1v) is 10.1. The van der Waals surface area contributed by atoms with Gasteiger partial charge in [-0.05, 0) is 37.3 Å². The van der Waals surface area contributed by atoms with Crippen molar-refractivity contribution in [1.82, 2.24) is 24.4 Å². The van der Waals surface area contributed by atoms with Crippen LogP contribution in [0.5, 0.6) is 0 Å². The van der Waals surface area contributed by atoms with Crippen LogP contribution in [-0.2, 0) is 6.54 Å². The predicted molar refractivity (Wildman–Crippen MR) is 109 cm³/mol. The van der Waals surface area contributed by atoms with Crippen molar-refractivity contribution in [3.05, 3.63) is 64.8 Å². The molecule has 2 aliphatic heterocycles. The standard InChI is InChI=1S/C22H23N5O/c28-22-25-19-12-24-21-18(8-9-23-21)20(19)27(22)17-10-15-6-7-16(11-17)26(15)13-14-4-2-1-3-5-14/h1-5,8-9,12,15-17H,6-7,10-11,13H2,(H,23,24)(H,25,28)/t15-,16+,17+. The van der Waals surface area contributed by atoms with Crippen molar-refractivity contribution in [1.29, 1.82) is 0 Å². The minimum atomic E-state index is -0.00795. The molecule has 6 heteroatoms. The third-order valence-electron chi connectivity index (χ3n) is 6.69. The summed E-state index contributed by atoms with van der Waals surface area (Å²) < 4.78 is 2.01. The molecule has 142 valence electrons. The van der Waals surface area contributed by atoms with Gasteiger partial charge in [-0.1, -0.05) is 30.3 Å². The number of H-pyrrole nitrogens is 2. The molecular weight excluding hydrogens is 350 g/mol. The van der Waals surface area contributed by atoms with Gasteiger partial charge in [0.2, 0.25) is 0 Å². The number of benzene rings is 1. The summed E-state index contributed by atoms with van der Waals surface area (Å²) in [5.74, 6) is 0. The van der Waals surface area contributed by atoms with Gasteiger partial charge in [0.05, 0.1) is 17.2 Å². The Hall–Kier alpha value is -2.86. The molecular formula is C22H23N5O. The normalized spacial score (nSPS) is 25.1. The molecule has 6 nitrogen and oxygen atoms in total. The number of hydrogen-bond acceptors (Lipinski definition) is 3. The van der Waals surface area contributed by atoms with Crippen LogP contribution in [0.25, 0.3) is 22.1 Å². The maximum atomic E-state index is 12.9. The Morgan fingerprint density at radius 2 is 1.82 bits per heavy atom. The first-order chi connectivity index (χ1) is 13.8. The molecule has 2 N–H and O–H groups in total. The summed E-state index contributed by atoms with van der Waals surface area (Å²) in [6, 6.07) is 14.1. The number of fused-ring (bicyclic) bond motifs is 5. The molecule has 1 aromatic carbocycles. The van der Waals surface area contributed by atoms with Gasteiger partial charge in [-0.2, -0.15) is 0 Å². The monoisotopic (exact) mass is 373 g/mol. The Kier molecular flexibility index (Phi) is 3.50. The first-order valence-electron chi connectivity index (χ1n) is 10.1. The van der Waals surface area contributed by atoms with Crippen LogP contribution in [0, 0.1) is 0 Å². The average Bonchev–Trinajstić information content (AvgIpc) is 3.36. The summed E-state index contributed by atoms with van der Waals surface area (Å²) in [5, 5.41) is 1.02. The lowest BCUT2D eigenvalue weighted by Crippen LogP contribution is -2.44. The molecule has 0 radical (unpaired) electrons. The highest BCUT2D eigenvalue weighted by Gasteiger charge is 2.41. The van der Waals surface area contributed by atoms with E-state index in [1.54, 1.807) is 6.20 Å². The molecule has 0 amide bonds. The number of imidazole rings is 1. The molecule has 4 aromatic rings. The van der Waals surface area contributed by atoms with Crippen molar-refractivity contribution in [2.75, 3.05) is 0 Å². The van der Waals surface area contributed by atoms with E-state index < -0.39 is 0 Å². The van der Waals surface area contributed by atoms with Gasteiger partial charge >= 0.3 is 5.69 Å². The molecule has 0 spiro atoms. The number of pyridine rings is 1. The number of hydrogen-bond donors (Lipinski definition) is 2. The van der Waals surface area contributed by atoms with Crippen LogP contribution in [-0.4, -0.2) is 36.5 Å². The van der Waals surface area contributed by atoms with Crippen LogP contribution in [0.4, 0.5) is 0 Å². The van der Waals surface area contributed by atoms with E-state index in [-0.39, 0.29) is 11.7 Å². The average molecular weight is 373 g/mol. The van der Waals surface area contributed by atoms with E-state index in [9.17, 15) is 4.79 Å². The summed E-state index contributed by atoms with van der Waals surface area (Å²) in [5.41, 5.74) is 4.03. The molecule has 0 aliphatic carbocycles. The molecule has 0 saturated carbocycles. The van der Waals surface area contributed by atoms with Crippen molar-refractivity contribution < 1.29 is 0 Å². The Bertz CT molecular complexity index is 1190. The minimum Gasteiger partial charge on any atom is -0.346 e. The number of rotatable bonds is 3. The fourth-order valence-electron chi connectivity index (χ4n) is 5.48. The SMILES string of the molecule is O=c1[nH]c2cnc3[nH]ccc3c2n1[C@H]1C[C@H]2CC[C@@H](C1)N2Cc1ccccc1. The lowest BCUT2D eigenvalue weighted by atomic mass is 9.96. The van der Waals surface area contributed by atoms with Crippen molar-refractivity contribution in [3.8, 4) is 0 Å². The van der Waals surface area contributed by atoms with Crippen LogP contribution in [0.3, 0.4) is 0 Å². The quantitative estimate of drug-likeness (QED) is 0.577. The van der Waals surface area contributed by atoms with Crippen molar-refractivity contribution >= 4 is 22.1 Å². The maximum Gasteiger partial charge on any atom is 0.326 e. The Labute approximate surface area is 162 Å². The molecule has 2 saturated heterocycles. The van der Waals surface area contributed by atoms with Gasteiger partial charge in [0.25, 0.3) is 0 Å². The van der Waals surface area contributed by atoms with E-state index in [0.29, 0.717) is 12.1 Å². The lowest BCUT2D eigenvalue weighted by Gasteiger charge is -2.39. The Morgan fingerprint density at radius 1 is 1.04 bits per heavy atom. The molecule has 5 heterocycles. The highest BCUT2D eigenvalue weighted by Crippen LogP contribution is 2.42. The van der Waals surface area contributed by atoms with Crippen molar-refractivity contribution in [2.45, 2.75) is 50.4 Å². The minimum absolute atomic E-state index is 0.00795. The summed E-state index contributed by atoms with van der Waals surface area (Å²) in [6.45, 7) is 1.01. The van der Waals surface area contributed by atoms with Crippen molar-refractivity contribution in [2.24, 2.45) is 0 Å². The number of aromatic nitrogens is 4. The van der Waals surface area contributed by atoms with E-state index in [0.717, 1.165) is 41.5 Å². The zero-order valence-corrected chi connectivity index (χ0v) is 15.6. The maximum absolute atomic E-state index is 12.9. The zero-order valence-electron chi connectivity index (χ0n) is 15.6. The van der Waals surface area contributed by atoms with Gasteiger partial charge < -0.3 is 9.97 Å². The predicted octanol–water partition coefficient (Wildman–Crippen LogP) is 3.57. The third kappa shape index (κ3) is 2.37. The van der Waals surface area contributed by atoms with Gasteiger partial charge in [0.1, 0.15) is 5.65 Å². The van der Waals surface area contributed by atoms with Crippen molar-refractivity contribution in [3.63, 3.8) is 0 Å². The summed E-state index contributed by atoms with van der Waals surface area (Å²) in [7, 11) is 0. The molecule has 3 atom stereocenters. The topological polar surface area (TPSA) is 69.7 Å². The van der Waals surface area contributed by atoms with E-state index in [2.05, 4.69) is 50.2 Å². The summed E-state index contributed by atoms with van der Waals surface area (Å²) in [6.07, 6.45) is 8.18. The molecule has 3 aromatic heterocycles. The number of aromatic amines is 2. The second-order valence-electron chi connectivity index (χ2n) is 8.23. The van der Waals surface area contributed by atoms with Gasteiger partial charge in [-0.3, -0.25) is 9.47 Å². The molecule has 2 bridgehead atoms. The van der Waals surface area contributed by atoms with Crippen LogP contribution in [0.15, 0.2) is 53.6 Å². The van der Waals surface area contributed by atoms with E-state index >= 15 is 0 Å². The Morgan fingerprint density at radius 3 is 2.61 bits per heavy atom. The van der Waals surface area contributed by atoms with Crippen LogP contribution < -0.4 is 5.69 Å². The Balaban J connectivity index is 1.37. The molecule has 2 fully saturated rings. The summed E-state index contributed by atoms with van der Waals surface area (Å²) >= 11 is 0. The van der Waals surface area contributed by atoms with Crippen LogP contribution >= 0.6 is 0 Å². The highest BCUT2D eigenvalue weighted by atomic mass is 16.1. The lowest BCUT2D eigenvalue weighted by molar-refractivity contribution is 0.0997. The molecule has 0 unspecified atom stereocenters. The largest absolute Gasteiger partial charge is 0.346 e. The number of nitrogens with one attached hydrogen (secondary N) is 2. The van der Waals surface area contributed by atoms with Gasteiger partial charge in [0.15, 0.2) is 0 Å². The van der Waals surface area contributed by atoms with Crippen LogP contribution in [0.2, 0.25) is 0 Å². The van der Waals surface area contributed by atoms with Gasteiger partial charge in [0, 0.05) is 36.3 Å². The number of piperidine rings is 1. The fourth-order valence-corrected chi connectivity index (χ4v) is 5.48. The second kappa shape index (κ2) is 6.07. The van der Waals surface area contributed by atoms with E-state index in [4.69, 9.17) is 0 Å². The molecule has 6 rings (SSSR count). The fraction of sp³-hybridized carbons (Fsp3) is 0.364. The van der Waals surface area contributed by atoms with E-state index in [1.165, 1.54) is 18.4 Å². The van der Waals surface area contributed by atoms with Crippen LogP contribution in [0.1, 0.15) is 37.3 Å². The second-order valence-corrected chi connectivity index (χ2v) is 8.23. The van der Waals surface area contributed by atoms with Gasteiger partial charge in [-0.25, -0.2) is 9.78 Å². The summed E-state index contributed by atoms with van der Waals surface area (Å²) in [4.78, 5) is 26.1. The molecule has 2 aliphatic rings. The smallest absolute Gasteiger partial charge is 0.326 e. The third-order valence-corrected chi connectivity index (χ3v) is 6.69. The molecule has 28 heavy (non-hydrogen) atoms. The first kappa shape index (κ1) is 16.1. The zero-order chi connectivity index (χ0) is 18.7.